The van der Waals surface area contributed by atoms with Crippen molar-refractivity contribution in [3.8, 4) is 11.3 Å². The Morgan fingerprint density at radius 3 is 2.45 bits per heavy atom. The highest BCUT2D eigenvalue weighted by atomic mass is 16.7. The maximum atomic E-state index is 11.6. The Morgan fingerprint density at radius 2 is 1.83 bits per heavy atom. The summed E-state index contributed by atoms with van der Waals surface area (Å²) in [4.78, 5) is 21.0. The third kappa shape index (κ3) is 2.97. The zero-order valence-corrected chi connectivity index (χ0v) is 17.2. The van der Waals surface area contributed by atoms with Crippen molar-refractivity contribution in [2.45, 2.75) is 63.8 Å². The highest BCUT2D eigenvalue weighted by Crippen LogP contribution is 2.53. The van der Waals surface area contributed by atoms with Gasteiger partial charge in [0.1, 0.15) is 5.82 Å². The average Bonchev–Trinajstić information content (AvgIpc) is 3.03. The summed E-state index contributed by atoms with van der Waals surface area (Å²) in [6, 6.07) is 8.04. The van der Waals surface area contributed by atoms with E-state index in [0.29, 0.717) is 5.92 Å². The van der Waals surface area contributed by atoms with E-state index in [4.69, 9.17) is 9.31 Å². The van der Waals surface area contributed by atoms with Crippen LogP contribution in [-0.2, 0) is 9.31 Å². The van der Waals surface area contributed by atoms with Gasteiger partial charge in [-0.1, -0.05) is 24.3 Å². The number of fused-ring (bicyclic) bond motifs is 1. The fraction of sp³-hybridized carbons (Fsp3) is 0.524. The number of imidazole rings is 1. The molecule has 1 aromatic carbocycles. The van der Waals surface area contributed by atoms with Gasteiger partial charge in [0.2, 0.25) is 0 Å². The Kier molecular flexibility index (Phi) is 3.93. The van der Waals surface area contributed by atoms with Crippen molar-refractivity contribution in [2.75, 3.05) is 0 Å². The SMILES string of the molecule is CC1(C)OB(c2ccc(-c3cnc(C4CC5CC5N4C(=O)O)[nH]3)cc2)OC1(C)C. The van der Waals surface area contributed by atoms with Gasteiger partial charge in [0, 0.05) is 6.04 Å². The summed E-state index contributed by atoms with van der Waals surface area (Å²) >= 11 is 0. The first kappa shape index (κ1) is 18.7. The highest BCUT2D eigenvalue weighted by Gasteiger charge is 2.55. The largest absolute Gasteiger partial charge is 0.494 e. The molecule has 3 unspecified atom stereocenters. The van der Waals surface area contributed by atoms with Crippen molar-refractivity contribution in [3.63, 3.8) is 0 Å². The first-order chi connectivity index (χ1) is 13.7. The normalized spacial score (nSPS) is 29.2. The summed E-state index contributed by atoms with van der Waals surface area (Å²) in [7, 11) is -0.388. The summed E-state index contributed by atoms with van der Waals surface area (Å²) in [5.41, 5.74) is 2.11. The molecule has 3 aliphatic rings. The number of aromatic amines is 1. The topological polar surface area (TPSA) is 87.7 Å². The number of H-pyrrole nitrogens is 1. The fourth-order valence-electron chi connectivity index (χ4n) is 4.43. The number of benzene rings is 1. The minimum absolute atomic E-state index is 0.172. The number of piperidine rings is 1. The van der Waals surface area contributed by atoms with E-state index in [0.717, 1.165) is 35.4 Å². The average molecular weight is 395 g/mol. The number of carbonyl (C=O) groups is 1. The molecule has 152 valence electrons. The van der Waals surface area contributed by atoms with Crippen LogP contribution in [0.4, 0.5) is 4.79 Å². The maximum absolute atomic E-state index is 11.6. The van der Waals surface area contributed by atoms with Crippen LogP contribution in [0.1, 0.15) is 52.4 Å². The molecule has 3 fully saturated rings. The van der Waals surface area contributed by atoms with Crippen LogP contribution in [0.25, 0.3) is 11.3 Å². The molecule has 2 aromatic rings. The molecule has 29 heavy (non-hydrogen) atoms. The third-order valence-electron chi connectivity index (χ3n) is 6.98. The molecule has 1 aromatic heterocycles. The van der Waals surface area contributed by atoms with E-state index in [-0.39, 0.29) is 30.4 Å². The molecule has 3 atom stereocenters. The van der Waals surface area contributed by atoms with E-state index in [9.17, 15) is 9.90 Å². The number of aromatic nitrogens is 2. The molecule has 7 nitrogen and oxygen atoms in total. The Balaban J connectivity index is 1.34. The Labute approximate surface area is 170 Å². The number of hydrogen-bond donors (Lipinski definition) is 2. The second-order valence-corrected chi connectivity index (χ2v) is 9.40. The summed E-state index contributed by atoms with van der Waals surface area (Å²) in [6.07, 6.45) is 2.76. The molecule has 2 N–H and O–H groups in total. The molecule has 0 spiro atoms. The van der Waals surface area contributed by atoms with Gasteiger partial charge in [-0.3, -0.25) is 4.90 Å². The van der Waals surface area contributed by atoms with Gasteiger partial charge < -0.3 is 19.4 Å². The van der Waals surface area contributed by atoms with E-state index in [1.807, 2.05) is 52.0 Å². The molecule has 0 radical (unpaired) electrons. The molecular weight excluding hydrogens is 369 g/mol. The number of hydrogen-bond acceptors (Lipinski definition) is 4. The summed E-state index contributed by atoms with van der Waals surface area (Å²) in [5, 5.41) is 9.53. The number of carboxylic acid groups (broad SMARTS) is 1. The van der Waals surface area contributed by atoms with Gasteiger partial charge in [0.25, 0.3) is 0 Å². The number of amides is 1. The first-order valence-corrected chi connectivity index (χ1v) is 10.2. The standard InChI is InChI=1S/C21H26BN3O4/c1-20(2)21(3,4)29-22(28-20)14-7-5-12(6-8-14)15-11-23-18(24-15)17-10-13-9-16(13)25(17)19(26)27/h5-8,11,13,16-17H,9-10H2,1-4H3,(H,23,24)(H,26,27). The van der Waals surface area contributed by atoms with Gasteiger partial charge in [-0.15, -0.1) is 0 Å². The van der Waals surface area contributed by atoms with Gasteiger partial charge in [-0.05, 0) is 57.5 Å². The molecule has 0 bridgehead atoms. The van der Waals surface area contributed by atoms with Crippen molar-refractivity contribution < 1.29 is 19.2 Å². The van der Waals surface area contributed by atoms with E-state index in [1.165, 1.54) is 0 Å². The minimum atomic E-state index is -0.857. The molecule has 3 heterocycles. The molecule has 1 saturated carbocycles. The second kappa shape index (κ2) is 6.09. The van der Waals surface area contributed by atoms with Crippen LogP contribution in [0.3, 0.4) is 0 Å². The van der Waals surface area contributed by atoms with Gasteiger partial charge >= 0.3 is 13.2 Å². The van der Waals surface area contributed by atoms with E-state index in [2.05, 4.69) is 9.97 Å². The second-order valence-electron chi connectivity index (χ2n) is 9.40. The molecule has 5 rings (SSSR count). The van der Waals surface area contributed by atoms with Crippen LogP contribution in [-0.4, -0.2) is 50.4 Å². The highest BCUT2D eigenvalue weighted by molar-refractivity contribution is 6.62. The van der Waals surface area contributed by atoms with Gasteiger partial charge in [0.15, 0.2) is 0 Å². The lowest BCUT2D eigenvalue weighted by atomic mass is 9.79. The maximum Gasteiger partial charge on any atom is 0.494 e. The van der Waals surface area contributed by atoms with Crippen LogP contribution >= 0.6 is 0 Å². The van der Waals surface area contributed by atoms with Crippen molar-refractivity contribution in [3.05, 3.63) is 36.3 Å². The summed E-state index contributed by atoms with van der Waals surface area (Å²) in [5.74, 6) is 1.22. The zero-order chi connectivity index (χ0) is 20.6. The predicted octanol–water partition coefficient (Wildman–Crippen LogP) is 3.19. The van der Waals surface area contributed by atoms with Crippen LogP contribution in [0.2, 0.25) is 0 Å². The van der Waals surface area contributed by atoms with Gasteiger partial charge in [-0.25, -0.2) is 9.78 Å². The lowest BCUT2D eigenvalue weighted by Gasteiger charge is -2.32. The fourth-order valence-corrected chi connectivity index (χ4v) is 4.43. The van der Waals surface area contributed by atoms with Crippen molar-refractivity contribution >= 4 is 18.7 Å². The Hall–Kier alpha value is -2.32. The minimum Gasteiger partial charge on any atom is -0.465 e. The van der Waals surface area contributed by atoms with Crippen LogP contribution in [0.5, 0.6) is 0 Å². The molecular formula is C21H26BN3O4. The van der Waals surface area contributed by atoms with Gasteiger partial charge in [0.05, 0.1) is 29.1 Å². The lowest BCUT2D eigenvalue weighted by molar-refractivity contribution is 0.00578. The first-order valence-electron chi connectivity index (χ1n) is 10.2. The summed E-state index contributed by atoms with van der Waals surface area (Å²) in [6.45, 7) is 8.17. The molecule has 1 aliphatic carbocycles. The number of nitrogens with zero attached hydrogens (tertiary/aromatic N) is 2. The van der Waals surface area contributed by atoms with E-state index >= 15 is 0 Å². The molecule has 2 aliphatic heterocycles. The quantitative estimate of drug-likeness (QED) is 0.780. The molecule has 2 saturated heterocycles. The smallest absolute Gasteiger partial charge is 0.465 e. The van der Waals surface area contributed by atoms with Crippen molar-refractivity contribution in [1.82, 2.24) is 14.9 Å². The predicted molar refractivity (Wildman–Crippen MR) is 109 cm³/mol. The van der Waals surface area contributed by atoms with E-state index in [1.54, 1.807) is 11.1 Å². The molecule has 1 amide bonds. The third-order valence-corrected chi connectivity index (χ3v) is 6.98. The van der Waals surface area contributed by atoms with Crippen LogP contribution in [0.15, 0.2) is 30.5 Å². The van der Waals surface area contributed by atoms with E-state index < -0.39 is 6.09 Å². The van der Waals surface area contributed by atoms with Crippen molar-refractivity contribution in [2.24, 2.45) is 5.92 Å². The van der Waals surface area contributed by atoms with Gasteiger partial charge in [-0.2, -0.15) is 0 Å². The Bertz CT molecular complexity index is 939. The summed E-state index contributed by atoms with van der Waals surface area (Å²) < 4.78 is 12.2. The van der Waals surface area contributed by atoms with Crippen LogP contribution in [0, 0.1) is 5.92 Å². The molecule has 8 heteroatoms. The number of nitrogens with one attached hydrogen (secondary N) is 1. The number of rotatable bonds is 3. The Morgan fingerprint density at radius 1 is 1.17 bits per heavy atom. The van der Waals surface area contributed by atoms with Crippen molar-refractivity contribution in [1.29, 1.82) is 0 Å². The monoisotopic (exact) mass is 395 g/mol. The van der Waals surface area contributed by atoms with Crippen LogP contribution < -0.4 is 5.46 Å². The zero-order valence-electron chi connectivity index (χ0n) is 17.2. The number of likely N-dealkylation sites (tertiary alicyclic amines) is 1. The lowest BCUT2D eigenvalue weighted by Crippen LogP contribution is -2.41.